The number of nitrogens with zero attached hydrogens (tertiary/aromatic N) is 2. The van der Waals surface area contributed by atoms with Crippen molar-refractivity contribution in [3.63, 3.8) is 0 Å². The van der Waals surface area contributed by atoms with Crippen LogP contribution in [0.1, 0.15) is 41.9 Å². The van der Waals surface area contributed by atoms with Gasteiger partial charge in [-0.05, 0) is 54.6 Å². The molecule has 0 spiro atoms. The van der Waals surface area contributed by atoms with Gasteiger partial charge in [0.2, 0.25) is 5.91 Å². The first-order valence-corrected chi connectivity index (χ1v) is 13.4. The molecule has 0 saturated carbocycles. The van der Waals surface area contributed by atoms with E-state index in [2.05, 4.69) is 64.7 Å². The molecule has 7 heteroatoms. The Bertz CT molecular complexity index is 1140. The van der Waals surface area contributed by atoms with E-state index in [1.54, 1.807) is 6.08 Å². The number of hydrogen-bond acceptors (Lipinski definition) is 3. The quantitative estimate of drug-likeness (QED) is 0.252. The predicted molar refractivity (Wildman–Crippen MR) is 148 cm³/mol. The number of rotatable bonds is 11. The lowest BCUT2D eigenvalue weighted by Crippen LogP contribution is -2.48. The fraction of sp³-hybridized carbons (Fsp3) is 0.344. The minimum Gasteiger partial charge on any atom is -0.406 e. The summed E-state index contributed by atoms with van der Waals surface area (Å²) in [5.41, 5.74) is 3.28. The molecule has 0 unspecified atom stereocenters. The third-order valence-electron chi connectivity index (χ3n) is 7.29. The molecular formula is C32H35F3N2O2. The zero-order chi connectivity index (χ0) is 27.7. The summed E-state index contributed by atoms with van der Waals surface area (Å²) in [6.07, 6.45) is -0.122. The molecule has 1 fully saturated rings. The van der Waals surface area contributed by atoms with Crippen LogP contribution in [-0.4, -0.2) is 54.3 Å². The maximum Gasteiger partial charge on any atom is 0.573 e. The molecular weight excluding hydrogens is 501 g/mol. The molecule has 39 heavy (non-hydrogen) atoms. The van der Waals surface area contributed by atoms with Crippen LogP contribution in [0.5, 0.6) is 5.75 Å². The summed E-state index contributed by atoms with van der Waals surface area (Å²) in [5.74, 6) is -0.0151. The minimum absolute atomic E-state index is 0.0499. The van der Waals surface area contributed by atoms with Gasteiger partial charge in [0.05, 0.1) is 6.42 Å². The smallest absolute Gasteiger partial charge is 0.406 e. The first-order valence-electron chi connectivity index (χ1n) is 13.4. The second-order valence-corrected chi connectivity index (χ2v) is 9.94. The fourth-order valence-electron chi connectivity index (χ4n) is 5.34. The van der Waals surface area contributed by atoms with Gasteiger partial charge < -0.3 is 14.5 Å². The molecule has 0 aromatic heterocycles. The maximum atomic E-state index is 13.2. The second kappa shape index (κ2) is 13.5. The minimum atomic E-state index is -4.74. The summed E-state index contributed by atoms with van der Waals surface area (Å²) >= 11 is 0. The van der Waals surface area contributed by atoms with Crippen molar-refractivity contribution in [2.45, 2.75) is 44.0 Å². The number of benzene rings is 3. The van der Waals surface area contributed by atoms with Gasteiger partial charge in [0, 0.05) is 31.6 Å². The monoisotopic (exact) mass is 536 g/mol. The number of carbonyl (C=O) groups excluding carboxylic acids is 1. The SMILES string of the molecule is C=CCN(C(=O)Cc1ccc(OC(F)(F)F)cc1)C1CCN(CCC(c2ccccc2)c2ccccc2)CC1. The van der Waals surface area contributed by atoms with Gasteiger partial charge >= 0.3 is 6.36 Å². The highest BCUT2D eigenvalue weighted by Crippen LogP contribution is 2.29. The van der Waals surface area contributed by atoms with Crippen LogP contribution in [-0.2, 0) is 11.2 Å². The van der Waals surface area contributed by atoms with Crippen LogP contribution in [0.4, 0.5) is 13.2 Å². The van der Waals surface area contributed by atoms with Gasteiger partial charge in [0.25, 0.3) is 0 Å². The van der Waals surface area contributed by atoms with Gasteiger partial charge in [-0.25, -0.2) is 0 Å². The molecule has 0 aliphatic carbocycles. The van der Waals surface area contributed by atoms with Crippen molar-refractivity contribution in [2.24, 2.45) is 0 Å². The average Bonchev–Trinajstić information content (AvgIpc) is 2.94. The van der Waals surface area contributed by atoms with Crippen LogP contribution in [0.25, 0.3) is 0 Å². The van der Waals surface area contributed by atoms with E-state index in [9.17, 15) is 18.0 Å². The van der Waals surface area contributed by atoms with E-state index in [1.165, 1.54) is 35.4 Å². The number of halogens is 3. The second-order valence-electron chi connectivity index (χ2n) is 9.94. The molecule has 0 atom stereocenters. The summed E-state index contributed by atoms with van der Waals surface area (Å²) in [6, 6.07) is 26.8. The number of amides is 1. The lowest BCUT2D eigenvalue weighted by atomic mass is 9.88. The number of hydrogen-bond donors (Lipinski definition) is 0. The molecule has 1 heterocycles. The topological polar surface area (TPSA) is 32.8 Å². The molecule has 3 aromatic rings. The van der Waals surface area contributed by atoms with E-state index in [0.717, 1.165) is 38.9 Å². The molecule has 1 saturated heterocycles. The molecule has 3 aromatic carbocycles. The molecule has 0 N–H and O–H groups in total. The Labute approximate surface area is 228 Å². The standard InChI is InChI=1S/C32H35F3N2O2/c1-2-20-37(31(38)24-25-13-15-29(16-14-25)39-32(33,34)35)28-17-21-36(22-18-28)23-19-30(26-9-5-3-6-10-26)27-11-7-4-8-12-27/h2-16,28,30H,1,17-24H2. The molecule has 0 radical (unpaired) electrons. The van der Waals surface area contributed by atoms with Crippen LogP contribution in [0.2, 0.25) is 0 Å². The van der Waals surface area contributed by atoms with Crippen LogP contribution in [0.3, 0.4) is 0 Å². The van der Waals surface area contributed by atoms with Gasteiger partial charge in [0.15, 0.2) is 0 Å². The number of ether oxygens (including phenoxy) is 1. The predicted octanol–water partition coefficient (Wildman–Crippen LogP) is 6.83. The zero-order valence-corrected chi connectivity index (χ0v) is 22.0. The molecule has 1 aliphatic heterocycles. The highest BCUT2D eigenvalue weighted by molar-refractivity contribution is 5.79. The van der Waals surface area contributed by atoms with E-state index in [4.69, 9.17) is 0 Å². The Morgan fingerprint density at radius 2 is 1.51 bits per heavy atom. The third kappa shape index (κ3) is 8.45. The summed E-state index contributed by atoms with van der Waals surface area (Å²) in [7, 11) is 0. The van der Waals surface area contributed by atoms with Crippen LogP contribution in [0.15, 0.2) is 97.6 Å². The fourth-order valence-corrected chi connectivity index (χ4v) is 5.34. The third-order valence-corrected chi connectivity index (χ3v) is 7.29. The molecule has 4 nitrogen and oxygen atoms in total. The maximum absolute atomic E-state index is 13.2. The Balaban J connectivity index is 1.32. The highest BCUT2D eigenvalue weighted by Gasteiger charge is 2.31. The number of likely N-dealkylation sites (tertiary alicyclic amines) is 1. The molecule has 1 aliphatic rings. The van der Waals surface area contributed by atoms with Crippen molar-refractivity contribution < 1.29 is 22.7 Å². The van der Waals surface area contributed by atoms with Gasteiger partial charge in [-0.1, -0.05) is 78.9 Å². The van der Waals surface area contributed by atoms with Crippen molar-refractivity contribution in [1.82, 2.24) is 9.80 Å². The van der Waals surface area contributed by atoms with E-state index >= 15 is 0 Å². The van der Waals surface area contributed by atoms with Gasteiger partial charge in [-0.2, -0.15) is 0 Å². The Kier molecular flexibility index (Phi) is 9.82. The van der Waals surface area contributed by atoms with E-state index in [-0.39, 0.29) is 24.1 Å². The van der Waals surface area contributed by atoms with Crippen LogP contribution >= 0.6 is 0 Å². The van der Waals surface area contributed by atoms with Crippen molar-refractivity contribution in [2.75, 3.05) is 26.2 Å². The largest absolute Gasteiger partial charge is 0.573 e. The highest BCUT2D eigenvalue weighted by atomic mass is 19.4. The molecule has 0 bridgehead atoms. The molecule has 1 amide bonds. The van der Waals surface area contributed by atoms with Crippen molar-refractivity contribution >= 4 is 5.91 Å². The lowest BCUT2D eigenvalue weighted by Gasteiger charge is -2.38. The number of alkyl halides is 3. The Hall–Kier alpha value is -3.58. The van der Waals surface area contributed by atoms with Crippen LogP contribution in [0, 0.1) is 0 Å². The first kappa shape index (κ1) is 28.4. The lowest BCUT2D eigenvalue weighted by molar-refractivity contribution is -0.274. The Morgan fingerprint density at radius 1 is 0.949 bits per heavy atom. The molecule has 206 valence electrons. The van der Waals surface area contributed by atoms with Gasteiger partial charge in [-0.3, -0.25) is 4.79 Å². The zero-order valence-electron chi connectivity index (χ0n) is 22.0. The number of piperidine rings is 1. The van der Waals surface area contributed by atoms with Gasteiger partial charge in [-0.15, -0.1) is 19.8 Å². The van der Waals surface area contributed by atoms with Gasteiger partial charge in [0.1, 0.15) is 5.75 Å². The Morgan fingerprint density at radius 3 is 2.03 bits per heavy atom. The number of carbonyl (C=O) groups is 1. The summed E-state index contributed by atoms with van der Waals surface area (Å²) < 4.78 is 41.2. The summed E-state index contributed by atoms with van der Waals surface area (Å²) in [6.45, 7) is 7.06. The van der Waals surface area contributed by atoms with E-state index in [0.29, 0.717) is 18.0 Å². The van der Waals surface area contributed by atoms with E-state index < -0.39 is 6.36 Å². The normalized spacial score (nSPS) is 14.8. The van der Waals surface area contributed by atoms with Crippen molar-refractivity contribution in [3.8, 4) is 5.75 Å². The molecule has 4 rings (SSSR count). The first-order chi connectivity index (χ1) is 18.8. The van der Waals surface area contributed by atoms with Crippen LogP contribution < -0.4 is 4.74 Å². The van der Waals surface area contributed by atoms with Crippen molar-refractivity contribution in [1.29, 1.82) is 0 Å². The summed E-state index contributed by atoms with van der Waals surface area (Å²) in [5, 5.41) is 0. The van der Waals surface area contributed by atoms with Crippen molar-refractivity contribution in [3.05, 3.63) is 114 Å². The average molecular weight is 537 g/mol. The summed E-state index contributed by atoms with van der Waals surface area (Å²) in [4.78, 5) is 17.5. The van der Waals surface area contributed by atoms with E-state index in [1.807, 2.05) is 17.0 Å².